The van der Waals surface area contributed by atoms with Crippen molar-refractivity contribution in [3.05, 3.63) is 47.0 Å². The van der Waals surface area contributed by atoms with Gasteiger partial charge in [0, 0.05) is 13.1 Å². The van der Waals surface area contributed by atoms with E-state index in [9.17, 15) is 18.0 Å². The van der Waals surface area contributed by atoms with E-state index in [1.165, 1.54) is 6.07 Å². The number of nitrogens with zero attached hydrogens (tertiary/aromatic N) is 4. The molecule has 2 amide bonds. The van der Waals surface area contributed by atoms with Crippen LogP contribution in [0.4, 0.5) is 18.0 Å². The first kappa shape index (κ1) is 19.7. The van der Waals surface area contributed by atoms with E-state index in [1.807, 2.05) is 11.5 Å². The van der Waals surface area contributed by atoms with Crippen LogP contribution in [-0.2, 0) is 17.5 Å². The Bertz CT molecular complexity index is 898. The highest BCUT2D eigenvalue weighted by molar-refractivity contribution is 5.74. The Hall–Kier alpha value is -2.62. The molecule has 0 radical (unpaired) electrons. The number of hydrogen-bond donors (Lipinski definition) is 1. The number of aryl methyl sites for hydroxylation is 1. The minimum atomic E-state index is -4.42. The van der Waals surface area contributed by atoms with E-state index in [0.717, 1.165) is 43.2 Å². The summed E-state index contributed by atoms with van der Waals surface area (Å²) in [4.78, 5) is 14.4. The van der Waals surface area contributed by atoms with Gasteiger partial charge in [-0.3, -0.25) is 0 Å². The van der Waals surface area contributed by atoms with E-state index >= 15 is 0 Å². The Morgan fingerprint density at radius 1 is 1.28 bits per heavy atom. The highest BCUT2D eigenvalue weighted by Crippen LogP contribution is 2.32. The summed E-state index contributed by atoms with van der Waals surface area (Å²) in [5, 5.41) is 11.3. The monoisotopic (exact) mass is 409 g/mol. The summed E-state index contributed by atoms with van der Waals surface area (Å²) in [6, 6.07) is 4.55. The Kier molecular flexibility index (Phi) is 5.20. The third kappa shape index (κ3) is 4.07. The number of hydrogen-bond acceptors (Lipinski definition) is 4. The molecule has 2 atom stereocenters. The first-order valence-corrected chi connectivity index (χ1v) is 9.57. The van der Waals surface area contributed by atoms with E-state index in [2.05, 4.69) is 15.5 Å². The first-order chi connectivity index (χ1) is 13.8. The number of carbonyl (C=O) groups is 1. The van der Waals surface area contributed by atoms with Gasteiger partial charge in [-0.1, -0.05) is 12.1 Å². The van der Waals surface area contributed by atoms with E-state index in [-0.39, 0.29) is 25.2 Å². The molecular weight excluding hydrogens is 387 g/mol. The zero-order valence-electron chi connectivity index (χ0n) is 15.9. The van der Waals surface area contributed by atoms with E-state index < -0.39 is 17.8 Å². The summed E-state index contributed by atoms with van der Waals surface area (Å²) in [5.41, 5.74) is -0.317. The molecule has 1 N–H and O–H groups in total. The van der Waals surface area contributed by atoms with Gasteiger partial charge in [0.2, 0.25) is 0 Å². The second kappa shape index (κ2) is 7.66. The van der Waals surface area contributed by atoms with E-state index in [4.69, 9.17) is 4.74 Å². The molecule has 0 bridgehead atoms. The van der Waals surface area contributed by atoms with Gasteiger partial charge in [0.05, 0.1) is 24.8 Å². The Labute approximate surface area is 165 Å². The number of fused-ring (bicyclic) bond motifs is 1. The van der Waals surface area contributed by atoms with Crippen LogP contribution in [-0.4, -0.2) is 45.4 Å². The van der Waals surface area contributed by atoms with Gasteiger partial charge in [-0.05, 0) is 37.5 Å². The molecule has 7 nitrogen and oxygen atoms in total. The normalized spacial score (nSPS) is 22.3. The third-order valence-corrected chi connectivity index (χ3v) is 5.39. The molecule has 2 unspecified atom stereocenters. The summed E-state index contributed by atoms with van der Waals surface area (Å²) < 4.78 is 46.6. The van der Waals surface area contributed by atoms with Crippen molar-refractivity contribution in [1.29, 1.82) is 0 Å². The summed E-state index contributed by atoms with van der Waals surface area (Å²) >= 11 is 0. The van der Waals surface area contributed by atoms with E-state index in [0.29, 0.717) is 12.1 Å². The van der Waals surface area contributed by atoms with Crippen molar-refractivity contribution >= 4 is 6.03 Å². The van der Waals surface area contributed by atoms with Gasteiger partial charge in [0.25, 0.3) is 0 Å². The summed E-state index contributed by atoms with van der Waals surface area (Å²) in [6.07, 6.45) is -3.34. The van der Waals surface area contributed by atoms with Crippen LogP contribution in [0.3, 0.4) is 0 Å². The molecule has 1 saturated heterocycles. The molecule has 0 aliphatic carbocycles. The number of nitrogens with one attached hydrogen (secondary N) is 1. The Morgan fingerprint density at radius 3 is 2.90 bits per heavy atom. The first-order valence-electron chi connectivity index (χ1n) is 9.57. The minimum Gasteiger partial charge on any atom is -0.370 e. The van der Waals surface area contributed by atoms with Crippen molar-refractivity contribution in [1.82, 2.24) is 25.0 Å². The number of morpholine rings is 1. The largest absolute Gasteiger partial charge is 0.416 e. The maximum absolute atomic E-state index is 13.0. The number of benzene rings is 1. The molecule has 10 heteroatoms. The number of ether oxygens (including phenoxy) is 1. The molecular formula is C19H22F3N5O2. The van der Waals surface area contributed by atoms with Crippen LogP contribution < -0.4 is 5.32 Å². The quantitative estimate of drug-likeness (QED) is 0.827. The van der Waals surface area contributed by atoms with Crippen molar-refractivity contribution in [3.63, 3.8) is 0 Å². The van der Waals surface area contributed by atoms with Crippen LogP contribution in [0, 0.1) is 6.92 Å². The van der Waals surface area contributed by atoms with Crippen molar-refractivity contribution in [2.75, 3.05) is 19.7 Å². The number of carbonyl (C=O) groups excluding carboxylic acids is 1. The lowest BCUT2D eigenvalue weighted by atomic mass is 10.0. The maximum Gasteiger partial charge on any atom is 0.416 e. The average Bonchev–Trinajstić information content (AvgIpc) is 3.10. The van der Waals surface area contributed by atoms with Gasteiger partial charge in [-0.15, -0.1) is 10.2 Å². The molecule has 1 aromatic heterocycles. The van der Waals surface area contributed by atoms with Gasteiger partial charge in [0.1, 0.15) is 11.9 Å². The maximum atomic E-state index is 13.0. The Balaban J connectivity index is 1.44. The molecule has 2 aliphatic rings. The summed E-state index contributed by atoms with van der Waals surface area (Å²) in [6.45, 7) is 3.53. The predicted molar refractivity (Wildman–Crippen MR) is 97.0 cm³/mol. The Morgan fingerprint density at radius 2 is 2.10 bits per heavy atom. The van der Waals surface area contributed by atoms with Gasteiger partial charge in [-0.2, -0.15) is 13.2 Å². The van der Waals surface area contributed by atoms with Crippen LogP contribution >= 0.6 is 0 Å². The van der Waals surface area contributed by atoms with Crippen molar-refractivity contribution in [3.8, 4) is 0 Å². The van der Waals surface area contributed by atoms with Crippen LogP contribution in [0.15, 0.2) is 24.3 Å². The van der Waals surface area contributed by atoms with Crippen LogP contribution in [0.2, 0.25) is 0 Å². The SMILES string of the molecule is Cc1nnc2n1CCCC2NC(=O)N1CCOC(c2cccc(C(F)(F)F)c2)C1. The second-order valence-electron chi connectivity index (χ2n) is 7.33. The zero-order chi connectivity index (χ0) is 20.6. The fourth-order valence-electron chi connectivity index (χ4n) is 3.84. The van der Waals surface area contributed by atoms with Crippen LogP contribution in [0.25, 0.3) is 0 Å². The molecule has 0 saturated carbocycles. The molecule has 2 aromatic rings. The second-order valence-corrected chi connectivity index (χ2v) is 7.33. The standard InChI is InChI=1S/C19H22F3N5O2/c1-12-24-25-17-15(6-3-7-27(12)17)23-18(28)26-8-9-29-16(11-26)13-4-2-5-14(10-13)19(20,21)22/h2,4-5,10,15-16H,3,6-9,11H2,1H3,(H,23,28). The molecule has 2 aliphatic heterocycles. The molecule has 1 fully saturated rings. The van der Waals surface area contributed by atoms with Crippen LogP contribution in [0.1, 0.15) is 47.8 Å². The summed E-state index contributed by atoms with van der Waals surface area (Å²) in [5.74, 6) is 1.56. The number of amides is 2. The van der Waals surface area contributed by atoms with Crippen molar-refractivity contribution in [2.45, 2.75) is 44.6 Å². The molecule has 1 aromatic carbocycles. The summed E-state index contributed by atoms with van der Waals surface area (Å²) in [7, 11) is 0. The average molecular weight is 409 g/mol. The molecule has 4 rings (SSSR count). The highest BCUT2D eigenvalue weighted by Gasteiger charge is 2.33. The third-order valence-electron chi connectivity index (χ3n) is 5.39. The number of aromatic nitrogens is 3. The lowest BCUT2D eigenvalue weighted by Gasteiger charge is -2.35. The zero-order valence-corrected chi connectivity index (χ0v) is 15.9. The molecule has 29 heavy (non-hydrogen) atoms. The smallest absolute Gasteiger partial charge is 0.370 e. The van der Waals surface area contributed by atoms with Crippen molar-refractivity contribution < 1.29 is 22.7 Å². The minimum absolute atomic E-state index is 0.186. The fourth-order valence-corrected chi connectivity index (χ4v) is 3.84. The highest BCUT2D eigenvalue weighted by atomic mass is 19.4. The van der Waals surface area contributed by atoms with Crippen molar-refractivity contribution in [2.24, 2.45) is 0 Å². The molecule has 3 heterocycles. The lowest BCUT2D eigenvalue weighted by Crippen LogP contribution is -2.48. The molecule has 0 spiro atoms. The molecule has 156 valence electrons. The van der Waals surface area contributed by atoms with Gasteiger partial charge in [0.15, 0.2) is 5.82 Å². The number of alkyl halides is 3. The number of urea groups is 1. The van der Waals surface area contributed by atoms with Gasteiger partial charge in [-0.25, -0.2) is 4.79 Å². The number of halogens is 3. The lowest BCUT2D eigenvalue weighted by molar-refractivity contribution is -0.137. The van der Waals surface area contributed by atoms with Crippen LogP contribution in [0.5, 0.6) is 0 Å². The van der Waals surface area contributed by atoms with Gasteiger partial charge < -0.3 is 19.5 Å². The van der Waals surface area contributed by atoms with Gasteiger partial charge >= 0.3 is 12.2 Å². The number of rotatable bonds is 2. The predicted octanol–water partition coefficient (Wildman–Crippen LogP) is 3.22. The fraction of sp³-hybridized carbons (Fsp3) is 0.526. The topological polar surface area (TPSA) is 72.3 Å². The van der Waals surface area contributed by atoms with E-state index in [1.54, 1.807) is 11.0 Å².